The number of benzene rings is 1. The van der Waals surface area contributed by atoms with Crippen LogP contribution in [-0.2, 0) is 4.79 Å². The molecule has 1 aromatic heterocycles. The maximum Gasteiger partial charge on any atom is 0.230 e. The first-order chi connectivity index (χ1) is 15.6. The minimum atomic E-state index is -0.376. The molecule has 0 radical (unpaired) electrons. The van der Waals surface area contributed by atoms with E-state index in [1.807, 2.05) is 24.4 Å². The van der Waals surface area contributed by atoms with Gasteiger partial charge >= 0.3 is 0 Å². The molecule has 2 aliphatic heterocycles. The van der Waals surface area contributed by atoms with Crippen molar-refractivity contribution in [3.8, 4) is 0 Å². The van der Waals surface area contributed by atoms with Gasteiger partial charge in [-0.05, 0) is 44.6 Å². The smallest absolute Gasteiger partial charge is 0.230 e. The number of rotatable bonds is 4. The highest BCUT2D eigenvalue weighted by Gasteiger charge is 2.44. The first-order valence-corrected chi connectivity index (χ1v) is 13.1. The van der Waals surface area contributed by atoms with E-state index in [2.05, 4.69) is 15.5 Å². The average Bonchev–Trinajstić information content (AvgIpc) is 3.31. The zero-order valence-electron chi connectivity index (χ0n) is 19.6. The molecule has 3 fully saturated rings. The number of ketones is 2. The van der Waals surface area contributed by atoms with E-state index >= 15 is 0 Å². The molecule has 1 aliphatic carbocycles. The van der Waals surface area contributed by atoms with E-state index in [0.717, 1.165) is 16.9 Å². The molecule has 3 atom stereocenters. The van der Waals surface area contributed by atoms with E-state index in [-0.39, 0.29) is 11.6 Å². The normalized spacial score (nSPS) is 28.1. The first-order valence-electron chi connectivity index (χ1n) is 13.1. The van der Waals surface area contributed by atoms with Crippen LogP contribution in [0.3, 0.4) is 0 Å². The SMILES string of the molecule is CC(=O)C(=O)c1cn(C2C[C@H]3CC[C@@H](C2)N3C2CCCCCCCCC2)c2ccccc12. The van der Waals surface area contributed by atoms with E-state index in [4.69, 9.17) is 0 Å². The Morgan fingerprint density at radius 2 is 1.34 bits per heavy atom. The van der Waals surface area contributed by atoms with Crippen LogP contribution in [0.4, 0.5) is 0 Å². The molecule has 4 nitrogen and oxygen atoms in total. The van der Waals surface area contributed by atoms with Gasteiger partial charge < -0.3 is 4.57 Å². The van der Waals surface area contributed by atoms with Crippen LogP contribution in [0.1, 0.15) is 107 Å². The van der Waals surface area contributed by atoms with Crippen molar-refractivity contribution in [3.05, 3.63) is 36.0 Å². The Bertz CT molecular complexity index is 953. The van der Waals surface area contributed by atoms with E-state index in [1.165, 1.54) is 90.4 Å². The van der Waals surface area contributed by atoms with Gasteiger partial charge in [0.05, 0.1) is 5.56 Å². The molecule has 4 heteroatoms. The van der Waals surface area contributed by atoms with E-state index in [1.54, 1.807) is 0 Å². The summed E-state index contributed by atoms with van der Waals surface area (Å²) < 4.78 is 2.33. The van der Waals surface area contributed by atoms with Gasteiger partial charge in [-0.15, -0.1) is 0 Å². The Labute approximate surface area is 192 Å². The van der Waals surface area contributed by atoms with Gasteiger partial charge in [0.2, 0.25) is 5.78 Å². The van der Waals surface area contributed by atoms with Crippen LogP contribution < -0.4 is 0 Å². The summed E-state index contributed by atoms with van der Waals surface area (Å²) in [6.07, 6.45) is 19.6. The molecule has 2 saturated heterocycles. The number of hydrogen-bond acceptors (Lipinski definition) is 3. The fourth-order valence-corrected chi connectivity index (χ4v) is 6.97. The molecule has 3 aliphatic rings. The molecule has 32 heavy (non-hydrogen) atoms. The number of carbonyl (C=O) groups excluding carboxylic acids is 2. The van der Waals surface area contributed by atoms with Gasteiger partial charge in [-0.1, -0.05) is 63.1 Å². The Morgan fingerprint density at radius 1 is 0.750 bits per heavy atom. The summed E-state index contributed by atoms with van der Waals surface area (Å²) in [5, 5.41) is 0.926. The summed E-state index contributed by atoms with van der Waals surface area (Å²) in [5.74, 6) is -0.736. The van der Waals surface area contributed by atoms with Crippen LogP contribution in [0, 0.1) is 0 Å². The van der Waals surface area contributed by atoms with E-state index in [0.29, 0.717) is 23.7 Å². The maximum absolute atomic E-state index is 12.6. The van der Waals surface area contributed by atoms with Gasteiger partial charge in [0.1, 0.15) is 0 Å². The number of para-hydroxylation sites is 1. The molecule has 2 aromatic rings. The van der Waals surface area contributed by atoms with E-state index in [9.17, 15) is 9.59 Å². The second-order valence-electron chi connectivity index (χ2n) is 10.5. The molecule has 0 amide bonds. The minimum Gasteiger partial charge on any atom is -0.344 e. The van der Waals surface area contributed by atoms with Crippen LogP contribution in [-0.4, -0.2) is 39.2 Å². The Balaban J connectivity index is 1.38. The summed E-state index contributed by atoms with van der Waals surface area (Å²) in [5.41, 5.74) is 1.68. The third kappa shape index (κ3) is 4.19. The highest BCUT2D eigenvalue weighted by Crippen LogP contribution is 2.45. The van der Waals surface area contributed by atoms with Crippen molar-refractivity contribution in [3.63, 3.8) is 0 Å². The molecule has 1 saturated carbocycles. The van der Waals surface area contributed by atoms with Gasteiger partial charge in [-0.3, -0.25) is 14.5 Å². The van der Waals surface area contributed by atoms with Crippen molar-refractivity contribution >= 4 is 22.5 Å². The highest BCUT2D eigenvalue weighted by molar-refractivity contribution is 6.45. The zero-order valence-corrected chi connectivity index (χ0v) is 19.6. The van der Waals surface area contributed by atoms with Crippen LogP contribution in [0.15, 0.2) is 30.5 Å². The largest absolute Gasteiger partial charge is 0.344 e. The Kier molecular flexibility index (Phi) is 6.50. The molecule has 1 unspecified atom stereocenters. The van der Waals surface area contributed by atoms with Crippen LogP contribution in [0.2, 0.25) is 0 Å². The second kappa shape index (κ2) is 9.51. The number of nitrogens with zero attached hydrogens (tertiary/aromatic N) is 2. The predicted octanol–water partition coefficient (Wildman–Crippen LogP) is 6.47. The molecule has 1 aromatic carbocycles. The molecule has 5 rings (SSSR count). The highest BCUT2D eigenvalue weighted by atomic mass is 16.2. The van der Waals surface area contributed by atoms with E-state index < -0.39 is 0 Å². The summed E-state index contributed by atoms with van der Waals surface area (Å²) >= 11 is 0. The lowest BCUT2D eigenvalue weighted by molar-refractivity contribution is -0.113. The van der Waals surface area contributed by atoms with Crippen molar-refractivity contribution in [2.75, 3.05) is 0 Å². The van der Waals surface area contributed by atoms with Crippen molar-refractivity contribution in [1.29, 1.82) is 0 Å². The number of carbonyl (C=O) groups is 2. The number of fused-ring (bicyclic) bond motifs is 3. The fraction of sp³-hybridized carbons (Fsp3) is 0.643. The average molecular weight is 435 g/mol. The summed E-state index contributed by atoms with van der Waals surface area (Å²) in [6, 6.07) is 10.6. The van der Waals surface area contributed by atoms with Gasteiger partial charge in [0.15, 0.2) is 5.78 Å². The van der Waals surface area contributed by atoms with Crippen molar-refractivity contribution in [2.45, 2.75) is 115 Å². The topological polar surface area (TPSA) is 42.3 Å². The third-order valence-corrected chi connectivity index (χ3v) is 8.46. The second-order valence-corrected chi connectivity index (χ2v) is 10.5. The zero-order chi connectivity index (χ0) is 22.1. The summed E-state index contributed by atoms with van der Waals surface area (Å²) in [7, 11) is 0. The van der Waals surface area contributed by atoms with Crippen molar-refractivity contribution in [2.24, 2.45) is 0 Å². The molecule has 0 spiro atoms. The number of aromatic nitrogens is 1. The lowest BCUT2D eigenvalue weighted by Crippen LogP contribution is -2.49. The van der Waals surface area contributed by atoms with Gasteiger partial charge in [0, 0.05) is 48.2 Å². The summed E-state index contributed by atoms with van der Waals surface area (Å²) in [4.78, 5) is 27.4. The van der Waals surface area contributed by atoms with Crippen LogP contribution in [0.25, 0.3) is 10.9 Å². The molecule has 172 valence electrons. The van der Waals surface area contributed by atoms with Crippen LogP contribution in [0.5, 0.6) is 0 Å². The van der Waals surface area contributed by atoms with Gasteiger partial charge in [-0.25, -0.2) is 0 Å². The Morgan fingerprint density at radius 3 is 1.97 bits per heavy atom. The molecule has 2 bridgehead atoms. The monoisotopic (exact) mass is 434 g/mol. The van der Waals surface area contributed by atoms with Crippen LogP contribution >= 0.6 is 0 Å². The molecule has 0 N–H and O–H groups in total. The quantitative estimate of drug-likeness (QED) is 0.409. The van der Waals surface area contributed by atoms with Crippen molar-refractivity contribution < 1.29 is 9.59 Å². The third-order valence-electron chi connectivity index (χ3n) is 8.46. The maximum atomic E-state index is 12.6. The predicted molar refractivity (Wildman–Crippen MR) is 129 cm³/mol. The Hall–Kier alpha value is -1.94. The fourth-order valence-electron chi connectivity index (χ4n) is 6.97. The summed E-state index contributed by atoms with van der Waals surface area (Å²) in [6.45, 7) is 1.38. The number of hydrogen-bond donors (Lipinski definition) is 0. The molecular weight excluding hydrogens is 396 g/mol. The number of piperidine rings is 1. The molecular formula is C28H38N2O2. The minimum absolute atomic E-state index is 0.359. The van der Waals surface area contributed by atoms with Crippen molar-refractivity contribution in [1.82, 2.24) is 9.47 Å². The van der Waals surface area contributed by atoms with Gasteiger partial charge in [-0.2, -0.15) is 0 Å². The lowest BCUT2D eigenvalue weighted by Gasteiger charge is -2.44. The number of Topliss-reactive ketones (excluding diaryl/α,β-unsaturated/α-hetero) is 2. The van der Waals surface area contributed by atoms with Gasteiger partial charge in [0.25, 0.3) is 0 Å². The lowest BCUT2D eigenvalue weighted by atomic mass is 9.90. The first kappa shape index (κ1) is 21.9. The molecule has 3 heterocycles. The standard InChI is InChI=1S/C28H38N2O2/c1-20(31)28(32)26-19-29(27-14-10-9-13-25(26)27)24-17-22-15-16-23(18-24)30(22)21-11-7-5-3-2-4-6-8-12-21/h9-10,13-14,19,21-24H,2-8,11-12,15-18H2,1H3/t22-,23+,24?.